The highest BCUT2D eigenvalue weighted by Crippen LogP contribution is 2.18. The van der Waals surface area contributed by atoms with Crippen molar-refractivity contribution < 1.29 is 5.11 Å². The molecular weight excluding hydrogens is 130 g/mol. The number of hydrogen-bond acceptors (Lipinski definition) is 2. The molecule has 4 heteroatoms. The van der Waals surface area contributed by atoms with Crippen molar-refractivity contribution in [3.63, 3.8) is 0 Å². The molecule has 1 saturated carbocycles. The summed E-state index contributed by atoms with van der Waals surface area (Å²) in [6.45, 7) is 0. The van der Waals surface area contributed by atoms with Crippen LogP contribution in [0.15, 0.2) is 4.99 Å². The van der Waals surface area contributed by atoms with Crippen molar-refractivity contribution in [3.8, 4) is 0 Å². The fraction of sp³-hybridized carbons (Fsp3) is 0.833. The van der Waals surface area contributed by atoms with Crippen molar-refractivity contribution in [2.75, 3.05) is 7.05 Å². The van der Waals surface area contributed by atoms with E-state index in [0.717, 1.165) is 12.8 Å². The maximum Gasteiger partial charge on any atom is 0.188 e. The topological polar surface area (TPSA) is 70.6 Å². The molecule has 0 amide bonds. The number of nitrogens with zero attached hydrogens (tertiary/aromatic N) is 1. The van der Waals surface area contributed by atoms with E-state index in [2.05, 4.69) is 10.3 Å². The number of nitrogens with two attached hydrogens (primary N) is 1. The van der Waals surface area contributed by atoms with Crippen LogP contribution in [-0.4, -0.2) is 30.3 Å². The van der Waals surface area contributed by atoms with Gasteiger partial charge in [0.05, 0.1) is 6.10 Å². The van der Waals surface area contributed by atoms with Gasteiger partial charge in [-0.3, -0.25) is 4.99 Å². The van der Waals surface area contributed by atoms with Crippen molar-refractivity contribution in [1.82, 2.24) is 5.32 Å². The summed E-state index contributed by atoms with van der Waals surface area (Å²) in [6.07, 6.45) is 1.44. The molecule has 0 aromatic carbocycles. The van der Waals surface area contributed by atoms with E-state index in [1.165, 1.54) is 0 Å². The number of nitrogens with one attached hydrogen (secondary N) is 1. The molecule has 1 fully saturated rings. The quantitative estimate of drug-likeness (QED) is 0.327. The van der Waals surface area contributed by atoms with E-state index >= 15 is 0 Å². The SMILES string of the molecule is CN=C(N)NC1CC(O)C1. The normalized spacial score (nSPS) is 33.2. The number of guanidine groups is 1. The zero-order chi connectivity index (χ0) is 7.56. The van der Waals surface area contributed by atoms with Crippen LogP contribution >= 0.6 is 0 Å². The van der Waals surface area contributed by atoms with Crippen LogP contribution in [0.1, 0.15) is 12.8 Å². The monoisotopic (exact) mass is 143 g/mol. The Morgan fingerprint density at radius 3 is 2.70 bits per heavy atom. The molecule has 0 unspecified atom stereocenters. The molecule has 0 aromatic rings. The summed E-state index contributed by atoms with van der Waals surface area (Å²) >= 11 is 0. The van der Waals surface area contributed by atoms with Crippen molar-refractivity contribution in [2.45, 2.75) is 25.0 Å². The summed E-state index contributed by atoms with van der Waals surface area (Å²) in [5.41, 5.74) is 5.39. The Labute approximate surface area is 60.1 Å². The Morgan fingerprint density at radius 2 is 2.30 bits per heavy atom. The van der Waals surface area contributed by atoms with Gasteiger partial charge < -0.3 is 16.2 Å². The highest BCUT2D eigenvalue weighted by atomic mass is 16.3. The average Bonchev–Trinajstić information content (AvgIpc) is 1.84. The molecule has 0 spiro atoms. The van der Waals surface area contributed by atoms with Crippen LogP contribution < -0.4 is 11.1 Å². The first-order valence-electron chi connectivity index (χ1n) is 3.39. The maximum atomic E-state index is 8.88. The molecular formula is C6H13N3O. The summed E-state index contributed by atoms with van der Waals surface area (Å²) in [5, 5.41) is 11.8. The molecule has 4 nitrogen and oxygen atoms in total. The second-order valence-electron chi connectivity index (χ2n) is 2.58. The fourth-order valence-corrected chi connectivity index (χ4v) is 0.979. The predicted octanol–water partition coefficient (Wildman–Crippen LogP) is -0.956. The van der Waals surface area contributed by atoms with Gasteiger partial charge in [0.15, 0.2) is 5.96 Å². The number of aliphatic hydroxyl groups excluding tert-OH is 1. The van der Waals surface area contributed by atoms with Crippen LogP contribution in [-0.2, 0) is 0 Å². The second-order valence-corrected chi connectivity index (χ2v) is 2.58. The molecule has 4 N–H and O–H groups in total. The number of hydrogen-bond donors (Lipinski definition) is 3. The van der Waals surface area contributed by atoms with Gasteiger partial charge in [0.1, 0.15) is 0 Å². The van der Waals surface area contributed by atoms with Gasteiger partial charge in [-0.05, 0) is 12.8 Å². The van der Waals surface area contributed by atoms with Crippen molar-refractivity contribution in [3.05, 3.63) is 0 Å². The van der Waals surface area contributed by atoms with E-state index in [1.807, 2.05) is 0 Å². The molecule has 0 saturated heterocycles. The second kappa shape index (κ2) is 2.88. The molecule has 10 heavy (non-hydrogen) atoms. The van der Waals surface area contributed by atoms with Gasteiger partial charge in [0.2, 0.25) is 0 Å². The standard InChI is InChI=1S/C6H13N3O/c1-8-6(7)9-4-2-5(10)3-4/h4-5,10H,2-3H2,1H3,(H3,7,8,9). The summed E-state index contributed by atoms with van der Waals surface area (Å²) in [4.78, 5) is 3.74. The average molecular weight is 143 g/mol. The minimum Gasteiger partial charge on any atom is -0.393 e. The van der Waals surface area contributed by atoms with E-state index in [9.17, 15) is 0 Å². The first-order chi connectivity index (χ1) is 4.72. The van der Waals surface area contributed by atoms with Crippen LogP contribution in [0.5, 0.6) is 0 Å². The van der Waals surface area contributed by atoms with E-state index < -0.39 is 0 Å². The first-order valence-corrected chi connectivity index (χ1v) is 3.39. The first kappa shape index (κ1) is 7.34. The summed E-state index contributed by atoms with van der Waals surface area (Å²) in [6, 6.07) is 0.332. The lowest BCUT2D eigenvalue weighted by Crippen LogP contribution is -2.49. The third-order valence-corrected chi connectivity index (χ3v) is 1.71. The van der Waals surface area contributed by atoms with Crippen LogP contribution in [0.4, 0.5) is 0 Å². The Hall–Kier alpha value is -0.770. The van der Waals surface area contributed by atoms with Gasteiger partial charge in [-0.25, -0.2) is 0 Å². The van der Waals surface area contributed by atoms with E-state index in [4.69, 9.17) is 10.8 Å². The highest BCUT2D eigenvalue weighted by molar-refractivity contribution is 5.78. The highest BCUT2D eigenvalue weighted by Gasteiger charge is 2.26. The van der Waals surface area contributed by atoms with Gasteiger partial charge in [-0.2, -0.15) is 0 Å². The minimum absolute atomic E-state index is 0.137. The molecule has 1 aliphatic rings. The molecule has 1 rings (SSSR count). The van der Waals surface area contributed by atoms with Gasteiger partial charge in [-0.15, -0.1) is 0 Å². The van der Waals surface area contributed by atoms with E-state index in [0.29, 0.717) is 12.0 Å². The molecule has 0 bridgehead atoms. The zero-order valence-corrected chi connectivity index (χ0v) is 6.04. The fourth-order valence-electron chi connectivity index (χ4n) is 0.979. The smallest absolute Gasteiger partial charge is 0.188 e. The summed E-state index contributed by atoms with van der Waals surface area (Å²) < 4.78 is 0. The van der Waals surface area contributed by atoms with Crippen molar-refractivity contribution in [2.24, 2.45) is 10.7 Å². The van der Waals surface area contributed by atoms with Crippen LogP contribution in [0, 0.1) is 0 Å². The van der Waals surface area contributed by atoms with Gasteiger partial charge in [0.25, 0.3) is 0 Å². The van der Waals surface area contributed by atoms with Gasteiger partial charge in [0, 0.05) is 13.1 Å². The summed E-state index contributed by atoms with van der Waals surface area (Å²) in [7, 11) is 1.64. The molecule has 58 valence electrons. The van der Waals surface area contributed by atoms with Crippen LogP contribution in [0.25, 0.3) is 0 Å². The lowest BCUT2D eigenvalue weighted by molar-refractivity contribution is 0.0698. The summed E-state index contributed by atoms with van der Waals surface area (Å²) in [5.74, 6) is 0.455. The lowest BCUT2D eigenvalue weighted by Gasteiger charge is -2.32. The molecule has 0 aromatic heterocycles. The van der Waals surface area contributed by atoms with Crippen LogP contribution in [0.3, 0.4) is 0 Å². The van der Waals surface area contributed by atoms with Gasteiger partial charge >= 0.3 is 0 Å². The largest absolute Gasteiger partial charge is 0.393 e. The molecule has 0 radical (unpaired) electrons. The van der Waals surface area contributed by atoms with Gasteiger partial charge in [-0.1, -0.05) is 0 Å². The minimum atomic E-state index is -0.137. The Balaban J connectivity index is 2.16. The van der Waals surface area contributed by atoms with E-state index in [1.54, 1.807) is 7.05 Å². The van der Waals surface area contributed by atoms with Crippen LogP contribution in [0.2, 0.25) is 0 Å². The predicted molar refractivity (Wildman–Crippen MR) is 39.7 cm³/mol. The number of aliphatic hydroxyl groups is 1. The van der Waals surface area contributed by atoms with Crippen molar-refractivity contribution in [1.29, 1.82) is 0 Å². The Kier molecular flexibility index (Phi) is 2.11. The van der Waals surface area contributed by atoms with E-state index in [-0.39, 0.29) is 6.10 Å². The molecule has 0 aliphatic heterocycles. The number of aliphatic imine (C=N–C) groups is 1. The lowest BCUT2D eigenvalue weighted by atomic mass is 9.90. The third kappa shape index (κ3) is 1.60. The Morgan fingerprint density at radius 1 is 1.70 bits per heavy atom. The molecule has 0 heterocycles. The zero-order valence-electron chi connectivity index (χ0n) is 6.04. The third-order valence-electron chi connectivity index (χ3n) is 1.71. The maximum absolute atomic E-state index is 8.88. The number of rotatable bonds is 1. The molecule has 0 atom stereocenters. The molecule has 1 aliphatic carbocycles. The Bertz CT molecular complexity index is 140. The van der Waals surface area contributed by atoms with Crippen molar-refractivity contribution >= 4 is 5.96 Å².